The minimum absolute atomic E-state index is 0.305. The summed E-state index contributed by atoms with van der Waals surface area (Å²) in [6.07, 6.45) is 1.63. The molecule has 0 bridgehead atoms. The van der Waals surface area contributed by atoms with E-state index in [-0.39, 0.29) is 5.91 Å². The molecule has 1 N–H and O–H groups in total. The molecule has 41 heavy (non-hydrogen) atoms. The molecule has 5 nitrogen and oxygen atoms in total. The molecule has 0 unspecified atom stereocenters. The van der Waals surface area contributed by atoms with Crippen molar-refractivity contribution in [1.82, 2.24) is 10.4 Å². The lowest BCUT2D eigenvalue weighted by Crippen LogP contribution is -2.18. The van der Waals surface area contributed by atoms with E-state index in [2.05, 4.69) is 73.3 Å². The number of ether oxygens (including phenoxy) is 1. The Hall–Kier alpha value is -4.08. The lowest BCUT2D eigenvalue weighted by Gasteiger charge is -2.13. The van der Waals surface area contributed by atoms with Crippen LogP contribution in [0.25, 0.3) is 32.9 Å². The molecule has 1 heterocycles. The zero-order valence-electron chi connectivity index (χ0n) is 21.7. The molecule has 0 aliphatic rings. The number of pyridine rings is 1. The molecule has 0 saturated carbocycles. The Morgan fingerprint density at radius 3 is 2.44 bits per heavy atom. The van der Waals surface area contributed by atoms with Crippen LogP contribution in [0, 0.1) is 3.57 Å². The summed E-state index contributed by atoms with van der Waals surface area (Å²) in [5, 5.41) is 7.39. The van der Waals surface area contributed by atoms with Gasteiger partial charge in [0.2, 0.25) is 0 Å². The fourth-order valence-corrected chi connectivity index (χ4v) is 6.47. The number of hydrogen-bond donors (Lipinski definition) is 1. The second-order valence-electron chi connectivity index (χ2n) is 9.38. The molecule has 5 aromatic carbocycles. The van der Waals surface area contributed by atoms with Crippen LogP contribution in [0.3, 0.4) is 0 Å². The molecule has 7 heteroatoms. The van der Waals surface area contributed by atoms with Crippen molar-refractivity contribution < 1.29 is 9.53 Å². The second-order valence-corrected chi connectivity index (χ2v) is 11.4. The molecule has 0 aliphatic carbocycles. The third-order valence-electron chi connectivity index (χ3n) is 6.68. The van der Waals surface area contributed by atoms with E-state index in [1.807, 2.05) is 91.0 Å². The molecule has 0 saturated heterocycles. The van der Waals surface area contributed by atoms with Crippen LogP contribution in [-0.4, -0.2) is 17.1 Å². The monoisotopic (exact) mass is 711 g/mol. The van der Waals surface area contributed by atoms with Crippen molar-refractivity contribution in [3.63, 3.8) is 0 Å². The number of aromatic nitrogens is 1. The number of fused-ring (bicyclic) bond motifs is 2. The Bertz CT molecular complexity index is 1900. The summed E-state index contributed by atoms with van der Waals surface area (Å²) in [5.41, 5.74) is 7.57. The maximum absolute atomic E-state index is 13.3. The second kappa shape index (κ2) is 12.2. The van der Waals surface area contributed by atoms with Crippen molar-refractivity contribution in [2.75, 3.05) is 0 Å². The van der Waals surface area contributed by atoms with Crippen LogP contribution >= 0.6 is 38.5 Å². The van der Waals surface area contributed by atoms with Gasteiger partial charge in [0.1, 0.15) is 12.4 Å². The predicted octanol–water partition coefficient (Wildman–Crippen LogP) is 8.76. The molecule has 200 valence electrons. The van der Waals surface area contributed by atoms with Gasteiger partial charge in [-0.15, -0.1) is 0 Å². The fourth-order valence-electron chi connectivity index (χ4n) is 4.71. The number of hydrazone groups is 1. The van der Waals surface area contributed by atoms with Crippen LogP contribution < -0.4 is 10.2 Å². The van der Waals surface area contributed by atoms with Gasteiger partial charge in [-0.2, -0.15) is 5.10 Å². The third-order valence-corrected chi connectivity index (χ3v) is 8.07. The molecular weight excluding hydrogens is 689 g/mol. The first-order valence-electron chi connectivity index (χ1n) is 12.9. The molecule has 0 fully saturated rings. The van der Waals surface area contributed by atoms with Crippen molar-refractivity contribution >= 4 is 72.3 Å². The van der Waals surface area contributed by atoms with Gasteiger partial charge >= 0.3 is 0 Å². The molecule has 0 atom stereocenters. The molecule has 1 amide bonds. The van der Waals surface area contributed by atoms with E-state index in [4.69, 9.17) is 9.72 Å². The Morgan fingerprint density at radius 2 is 1.61 bits per heavy atom. The smallest absolute Gasteiger partial charge is 0.272 e. The number of benzene rings is 5. The van der Waals surface area contributed by atoms with Gasteiger partial charge in [0.15, 0.2) is 0 Å². The summed E-state index contributed by atoms with van der Waals surface area (Å²) in [6.45, 7) is 0.449. The van der Waals surface area contributed by atoms with Crippen LogP contribution in [0.1, 0.15) is 21.5 Å². The Balaban J connectivity index is 1.19. The number of carbonyl (C=O) groups is 1. The molecule has 0 radical (unpaired) electrons. The number of nitrogens with one attached hydrogen (secondary N) is 1. The number of carbonyl (C=O) groups excluding carboxylic acids is 1. The van der Waals surface area contributed by atoms with Crippen LogP contribution in [0.4, 0.5) is 0 Å². The first-order valence-corrected chi connectivity index (χ1v) is 14.8. The predicted molar refractivity (Wildman–Crippen MR) is 177 cm³/mol. The Labute approximate surface area is 259 Å². The van der Waals surface area contributed by atoms with Gasteiger partial charge in [0.05, 0.1) is 31.0 Å². The lowest BCUT2D eigenvalue weighted by atomic mass is 10.0. The quantitative estimate of drug-likeness (QED) is 0.102. The fraction of sp³-hybridized carbons (Fsp3) is 0.0294. The maximum Gasteiger partial charge on any atom is 0.272 e. The van der Waals surface area contributed by atoms with Crippen LogP contribution in [0.2, 0.25) is 0 Å². The number of halogens is 2. The largest absolute Gasteiger partial charge is 0.487 e. The number of rotatable bonds is 7. The first kappa shape index (κ1) is 27.1. The van der Waals surface area contributed by atoms with Gasteiger partial charge < -0.3 is 4.74 Å². The van der Waals surface area contributed by atoms with Gasteiger partial charge in [0, 0.05) is 10.9 Å². The highest BCUT2D eigenvalue weighted by Gasteiger charge is 2.14. The van der Waals surface area contributed by atoms with Crippen molar-refractivity contribution in [3.8, 4) is 17.0 Å². The van der Waals surface area contributed by atoms with Gasteiger partial charge in [-0.3, -0.25) is 4.79 Å². The van der Waals surface area contributed by atoms with E-state index in [1.54, 1.807) is 6.21 Å². The standard InChI is InChI=1S/C34H23BrIN3O2/c35-29-17-22(18-30(36)33(29)41-21-25-13-8-12-23-9-4-5-14-26(23)25)20-37-39-34(40)28-19-32(24-10-2-1-3-11-24)38-31-16-7-6-15-27(28)31/h1-20H,21H2,(H,39,40)/b37-20+. The van der Waals surface area contributed by atoms with Crippen molar-refractivity contribution in [2.45, 2.75) is 6.61 Å². The summed E-state index contributed by atoms with van der Waals surface area (Å²) in [7, 11) is 0. The molecule has 6 rings (SSSR count). The molecule has 0 aliphatic heterocycles. The van der Waals surface area contributed by atoms with Crippen molar-refractivity contribution in [2.24, 2.45) is 5.10 Å². The van der Waals surface area contributed by atoms with E-state index in [0.717, 1.165) is 47.1 Å². The van der Waals surface area contributed by atoms with E-state index in [1.165, 1.54) is 10.8 Å². The first-order chi connectivity index (χ1) is 20.1. The zero-order valence-corrected chi connectivity index (χ0v) is 25.5. The SMILES string of the molecule is O=C(N/N=C/c1cc(Br)c(OCc2cccc3ccccc23)c(I)c1)c1cc(-c2ccccc2)nc2ccccc12. The number of hydrogen-bond acceptors (Lipinski definition) is 4. The zero-order chi connectivity index (χ0) is 28.2. The highest BCUT2D eigenvalue weighted by Crippen LogP contribution is 2.33. The van der Waals surface area contributed by atoms with Crippen LogP contribution in [0.5, 0.6) is 5.75 Å². The van der Waals surface area contributed by atoms with Crippen LogP contribution in [-0.2, 0) is 6.61 Å². The highest BCUT2D eigenvalue weighted by atomic mass is 127. The summed E-state index contributed by atoms with van der Waals surface area (Å²) >= 11 is 5.90. The summed E-state index contributed by atoms with van der Waals surface area (Å²) in [4.78, 5) is 18.0. The number of para-hydroxylation sites is 1. The highest BCUT2D eigenvalue weighted by molar-refractivity contribution is 14.1. The maximum atomic E-state index is 13.3. The Kier molecular flexibility index (Phi) is 8.07. The molecule has 1 aromatic heterocycles. The number of nitrogens with zero attached hydrogens (tertiary/aromatic N) is 2. The molecule has 0 spiro atoms. The van der Waals surface area contributed by atoms with E-state index in [0.29, 0.717) is 12.2 Å². The van der Waals surface area contributed by atoms with Crippen molar-refractivity contribution in [1.29, 1.82) is 0 Å². The third kappa shape index (κ3) is 6.01. The average molecular weight is 712 g/mol. The van der Waals surface area contributed by atoms with Gasteiger partial charge in [-0.05, 0) is 84.7 Å². The summed E-state index contributed by atoms with van der Waals surface area (Å²) < 4.78 is 7.97. The summed E-state index contributed by atoms with van der Waals surface area (Å²) in [5.74, 6) is 0.456. The topological polar surface area (TPSA) is 63.6 Å². The number of amides is 1. The Morgan fingerprint density at radius 1 is 0.878 bits per heavy atom. The van der Waals surface area contributed by atoms with Gasteiger partial charge in [-0.25, -0.2) is 10.4 Å². The van der Waals surface area contributed by atoms with Crippen molar-refractivity contribution in [3.05, 3.63) is 140 Å². The lowest BCUT2D eigenvalue weighted by molar-refractivity contribution is 0.0956. The molecule has 6 aromatic rings. The van der Waals surface area contributed by atoms with E-state index < -0.39 is 0 Å². The van der Waals surface area contributed by atoms with Gasteiger partial charge in [0.25, 0.3) is 5.91 Å². The minimum atomic E-state index is -0.305. The van der Waals surface area contributed by atoms with Crippen LogP contribution in [0.15, 0.2) is 125 Å². The van der Waals surface area contributed by atoms with E-state index >= 15 is 0 Å². The average Bonchev–Trinajstić information content (AvgIpc) is 3.00. The van der Waals surface area contributed by atoms with Gasteiger partial charge in [-0.1, -0.05) is 91.0 Å². The minimum Gasteiger partial charge on any atom is -0.487 e. The molecular formula is C34H23BrIN3O2. The summed E-state index contributed by atoms with van der Waals surface area (Å²) in [6, 6.07) is 37.7. The normalized spacial score (nSPS) is 11.3. The van der Waals surface area contributed by atoms with E-state index in [9.17, 15) is 4.79 Å².